The van der Waals surface area contributed by atoms with Gasteiger partial charge in [0.05, 0.1) is 30.4 Å². The van der Waals surface area contributed by atoms with Crippen LogP contribution in [-0.4, -0.2) is 75.8 Å². The predicted molar refractivity (Wildman–Crippen MR) is 179 cm³/mol. The van der Waals surface area contributed by atoms with Crippen LogP contribution in [-0.2, 0) is 30.3 Å². The fourth-order valence-corrected chi connectivity index (χ4v) is 5.73. The lowest BCUT2D eigenvalue weighted by molar-refractivity contribution is -0.156. The Bertz CT molecular complexity index is 1340. The summed E-state index contributed by atoms with van der Waals surface area (Å²) in [5, 5.41) is 47.5. The van der Waals surface area contributed by atoms with Gasteiger partial charge in [-0.05, 0) is 69.6 Å². The van der Waals surface area contributed by atoms with Crippen molar-refractivity contribution in [2.75, 3.05) is 12.4 Å². The Morgan fingerprint density at radius 2 is 1.74 bits per heavy atom. The van der Waals surface area contributed by atoms with E-state index in [0.717, 1.165) is 0 Å². The Balaban J connectivity index is 1.80. The van der Waals surface area contributed by atoms with Crippen LogP contribution >= 0.6 is 0 Å². The van der Waals surface area contributed by atoms with Gasteiger partial charge in [0.1, 0.15) is 23.6 Å². The maximum atomic E-state index is 13.2. The SMILES string of the molecule is CO[C@H]1C=CC=CC=CC[C@H](OC(=O)[C@H](C)NC(=O)C2CCC(O)CC2)[C@@H](C)[C@H](O)C(C)=CCCc2cc(O)cc(c2O)NC(=O)C1. The fourth-order valence-electron chi connectivity index (χ4n) is 5.73. The molecule has 11 heteroatoms. The van der Waals surface area contributed by atoms with Crippen LogP contribution in [0.4, 0.5) is 5.69 Å². The van der Waals surface area contributed by atoms with E-state index in [0.29, 0.717) is 56.1 Å². The zero-order chi connectivity index (χ0) is 34.5. The van der Waals surface area contributed by atoms with Gasteiger partial charge in [0.25, 0.3) is 0 Å². The van der Waals surface area contributed by atoms with Gasteiger partial charge in [-0.3, -0.25) is 9.59 Å². The number of aliphatic hydroxyl groups is 2. The highest BCUT2D eigenvalue weighted by Gasteiger charge is 2.31. The number of hydrogen-bond donors (Lipinski definition) is 6. The third-order valence-electron chi connectivity index (χ3n) is 8.78. The fraction of sp³-hybridized carbons (Fsp3) is 0.528. The largest absolute Gasteiger partial charge is 0.508 e. The summed E-state index contributed by atoms with van der Waals surface area (Å²) in [5.41, 5.74) is 1.14. The van der Waals surface area contributed by atoms with E-state index < -0.39 is 42.1 Å². The first-order valence-electron chi connectivity index (χ1n) is 16.3. The molecular formula is C36H50N2O9. The first-order valence-corrected chi connectivity index (χ1v) is 16.3. The summed E-state index contributed by atoms with van der Waals surface area (Å²) in [6.45, 7) is 5.13. The quantitative estimate of drug-likeness (QED) is 0.117. The molecule has 1 fully saturated rings. The standard InChI is InChI=1S/C36H50N2O9/c1-22-11-10-12-26-19-28(40)20-30(34(26)43)38-32(41)21-29(46-4)13-8-6-5-7-9-14-31(23(2)33(22)42)47-36(45)24(3)37-35(44)25-15-17-27(39)18-16-25/h5-9,11,13,19-20,23-25,27,29,31,33,39-40,42-43H,10,12,14-18,21H2,1-4H3,(H,37,44)(H,38,41)/t23-,24+,25?,27?,29+,31+,33-/m1/s1. The van der Waals surface area contributed by atoms with Crippen LogP contribution < -0.4 is 10.6 Å². The number of nitrogens with one attached hydrogen (secondary N) is 2. The van der Waals surface area contributed by atoms with Crippen LogP contribution in [0.2, 0.25) is 0 Å². The predicted octanol–water partition coefficient (Wildman–Crippen LogP) is 4.36. The first-order chi connectivity index (χ1) is 22.4. The molecule has 1 aromatic rings. The molecule has 2 amide bonds. The van der Waals surface area contributed by atoms with Gasteiger partial charge < -0.3 is 40.5 Å². The Kier molecular flexibility index (Phi) is 14.7. The maximum Gasteiger partial charge on any atom is 0.328 e. The van der Waals surface area contributed by atoms with E-state index >= 15 is 0 Å². The minimum atomic E-state index is -0.967. The van der Waals surface area contributed by atoms with Crippen molar-refractivity contribution in [2.45, 2.75) is 103 Å². The van der Waals surface area contributed by atoms with Gasteiger partial charge in [0.2, 0.25) is 11.8 Å². The lowest BCUT2D eigenvalue weighted by Gasteiger charge is -2.30. The van der Waals surface area contributed by atoms with Gasteiger partial charge in [-0.2, -0.15) is 0 Å². The number of fused-ring (bicyclic) bond motifs is 2. The molecule has 5 atom stereocenters. The van der Waals surface area contributed by atoms with E-state index in [1.165, 1.54) is 19.2 Å². The number of aromatic hydroxyl groups is 2. The minimum Gasteiger partial charge on any atom is -0.508 e. The zero-order valence-corrected chi connectivity index (χ0v) is 27.7. The lowest BCUT2D eigenvalue weighted by atomic mass is 9.87. The monoisotopic (exact) mass is 654 g/mol. The van der Waals surface area contributed by atoms with Crippen molar-refractivity contribution in [3.8, 4) is 11.5 Å². The molecule has 2 aliphatic rings. The molecular weight excluding hydrogens is 604 g/mol. The summed E-state index contributed by atoms with van der Waals surface area (Å²) in [6.07, 6.45) is 13.0. The van der Waals surface area contributed by atoms with E-state index in [4.69, 9.17) is 9.47 Å². The molecule has 6 N–H and O–H groups in total. The van der Waals surface area contributed by atoms with Gasteiger partial charge in [-0.1, -0.05) is 49.5 Å². The number of benzene rings is 1. The van der Waals surface area contributed by atoms with Gasteiger partial charge in [0, 0.05) is 31.4 Å². The van der Waals surface area contributed by atoms with Crippen LogP contribution in [0.3, 0.4) is 0 Å². The minimum absolute atomic E-state index is 0.0193. The molecule has 0 unspecified atom stereocenters. The summed E-state index contributed by atoms with van der Waals surface area (Å²) < 4.78 is 11.3. The summed E-state index contributed by atoms with van der Waals surface area (Å²) in [5.74, 6) is -2.30. The molecule has 0 aromatic heterocycles. The number of aryl methyl sites for hydroxylation is 1. The topological polar surface area (TPSA) is 175 Å². The molecule has 0 saturated heterocycles. The molecule has 1 aromatic carbocycles. The molecule has 0 spiro atoms. The highest BCUT2D eigenvalue weighted by Crippen LogP contribution is 2.34. The number of aliphatic hydroxyl groups excluding tert-OH is 2. The van der Waals surface area contributed by atoms with Gasteiger partial charge in [-0.15, -0.1) is 0 Å². The maximum absolute atomic E-state index is 13.2. The number of anilines is 1. The smallest absolute Gasteiger partial charge is 0.328 e. The second-order valence-electron chi connectivity index (χ2n) is 12.5. The van der Waals surface area contributed by atoms with Crippen molar-refractivity contribution in [2.24, 2.45) is 11.8 Å². The number of carbonyl (C=O) groups excluding carboxylic acids is 3. The lowest BCUT2D eigenvalue weighted by Crippen LogP contribution is -2.45. The molecule has 0 radical (unpaired) electrons. The number of allylic oxidation sites excluding steroid dienone is 5. The number of carbonyl (C=O) groups is 3. The number of hydrogen-bond acceptors (Lipinski definition) is 9. The van der Waals surface area contributed by atoms with Crippen molar-refractivity contribution in [3.05, 3.63) is 65.8 Å². The molecule has 1 aliphatic heterocycles. The number of amides is 2. The third kappa shape index (κ3) is 11.7. The molecule has 1 heterocycles. The van der Waals surface area contributed by atoms with E-state index in [9.17, 15) is 34.8 Å². The summed E-state index contributed by atoms with van der Waals surface area (Å²) >= 11 is 0. The third-order valence-corrected chi connectivity index (χ3v) is 8.78. The molecule has 3 rings (SSSR count). The Hall–Kier alpha value is -3.93. The molecule has 2 bridgehead atoms. The van der Waals surface area contributed by atoms with E-state index in [2.05, 4.69) is 10.6 Å². The van der Waals surface area contributed by atoms with E-state index in [1.807, 2.05) is 12.2 Å². The van der Waals surface area contributed by atoms with Crippen LogP contribution in [0, 0.1) is 11.8 Å². The molecule has 11 nitrogen and oxygen atoms in total. The summed E-state index contributed by atoms with van der Waals surface area (Å²) in [6, 6.07) is 1.81. The molecule has 47 heavy (non-hydrogen) atoms. The van der Waals surface area contributed by atoms with Crippen molar-refractivity contribution < 1.29 is 44.3 Å². The number of phenols is 2. The van der Waals surface area contributed by atoms with Gasteiger partial charge in [-0.25, -0.2) is 4.79 Å². The van der Waals surface area contributed by atoms with Crippen molar-refractivity contribution in [1.29, 1.82) is 0 Å². The van der Waals surface area contributed by atoms with E-state index in [1.54, 1.807) is 51.2 Å². The second-order valence-corrected chi connectivity index (χ2v) is 12.5. The van der Waals surface area contributed by atoms with Crippen molar-refractivity contribution in [3.63, 3.8) is 0 Å². The van der Waals surface area contributed by atoms with Crippen molar-refractivity contribution in [1.82, 2.24) is 5.32 Å². The van der Waals surface area contributed by atoms with Crippen LogP contribution in [0.15, 0.2) is 60.2 Å². The van der Waals surface area contributed by atoms with Gasteiger partial charge >= 0.3 is 5.97 Å². The van der Waals surface area contributed by atoms with E-state index in [-0.39, 0.29) is 41.5 Å². The van der Waals surface area contributed by atoms with Crippen LogP contribution in [0.25, 0.3) is 0 Å². The first kappa shape index (κ1) is 37.5. The average Bonchev–Trinajstić information content (AvgIpc) is 3.03. The number of esters is 1. The highest BCUT2D eigenvalue weighted by atomic mass is 16.5. The number of rotatable bonds is 5. The Morgan fingerprint density at radius 1 is 1.04 bits per heavy atom. The number of phenolic OH excluding ortho intramolecular Hbond substituents is 2. The van der Waals surface area contributed by atoms with Crippen LogP contribution in [0.1, 0.15) is 71.3 Å². The van der Waals surface area contributed by atoms with Crippen LogP contribution in [0.5, 0.6) is 11.5 Å². The Labute approximate surface area is 277 Å². The number of methoxy groups -OCH3 is 1. The zero-order valence-electron chi connectivity index (χ0n) is 27.7. The summed E-state index contributed by atoms with van der Waals surface area (Å²) in [7, 11) is 1.48. The highest BCUT2D eigenvalue weighted by molar-refractivity contribution is 5.93. The second kappa shape index (κ2) is 18.4. The average molecular weight is 655 g/mol. The Morgan fingerprint density at radius 3 is 2.45 bits per heavy atom. The molecule has 1 aliphatic carbocycles. The summed E-state index contributed by atoms with van der Waals surface area (Å²) in [4.78, 5) is 38.6. The molecule has 258 valence electrons. The van der Waals surface area contributed by atoms with Gasteiger partial charge in [0.15, 0.2) is 0 Å². The number of ether oxygens (including phenoxy) is 2. The van der Waals surface area contributed by atoms with Crippen molar-refractivity contribution >= 4 is 23.5 Å². The normalized spacial score (nSPS) is 27.1. The molecule has 1 saturated carbocycles.